The predicted molar refractivity (Wildman–Crippen MR) is 133 cm³/mol. The Bertz CT molecular complexity index is 1200. The number of methoxy groups -OCH3 is 2. The van der Waals surface area contributed by atoms with Crippen molar-refractivity contribution in [2.45, 2.75) is 25.7 Å². The summed E-state index contributed by atoms with van der Waals surface area (Å²) in [5.74, 6) is 0.624. The molecule has 5 rings (SSSR count). The molecule has 1 aliphatic carbocycles. The first kappa shape index (κ1) is 27.0. The number of carboxylic acids is 1. The van der Waals surface area contributed by atoms with E-state index in [-0.39, 0.29) is 25.8 Å². The van der Waals surface area contributed by atoms with Crippen LogP contribution in [-0.4, -0.2) is 40.2 Å². The van der Waals surface area contributed by atoms with Gasteiger partial charge in [0.2, 0.25) is 0 Å². The fourth-order valence-electron chi connectivity index (χ4n) is 3.80. The number of aryl methyl sites for hydroxylation is 2. The number of rotatable bonds is 5. The van der Waals surface area contributed by atoms with Gasteiger partial charge in [-0.3, -0.25) is 9.97 Å². The van der Waals surface area contributed by atoms with Gasteiger partial charge in [-0.25, -0.2) is 9.78 Å². The monoisotopic (exact) mass is 661 g/mol. The number of hydrogen-bond donors (Lipinski definition) is 1. The smallest absolute Gasteiger partial charge is 0.354 e. The zero-order valence-corrected chi connectivity index (χ0v) is 22.4. The standard InChI is InChI=1S/C22H21N2O2.C6H5NO2.Ir/c1-25-17-11-7-15(8-12-17)21-22(16-9-13-18(26-2)14-10-16)24-20-6-4-3-5-19(20)23-21;8-6(9)5-3-1-2-4-7-5;/h7-9,11-14H,3-6H2,1-2H3;1-4H,(H,8,9);/q-1;;. The summed E-state index contributed by atoms with van der Waals surface area (Å²) in [6, 6.07) is 21.8. The molecule has 1 aliphatic rings. The summed E-state index contributed by atoms with van der Waals surface area (Å²) in [4.78, 5) is 23.7. The number of fused-ring (bicyclic) bond motifs is 1. The van der Waals surface area contributed by atoms with Crippen LogP contribution in [0, 0.1) is 6.07 Å². The number of carbonyl (C=O) groups is 1. The fraction of sp³-hybridized carbons (Fsp3) is 0.214. The topological polar surface area (TPSA) is 94.4 Å². The molecule has 2 aromatic heterocycles. The SMILES string of the molecule is COc1c[c-]c(-c2nc3c(nc2-c2ccc(OC)cc2)CCCC3)cc1.O=C(O)c1ccccn1.[Ir]. The van der Waals surface area contributed by atoms with E-state index in [0.717, 1.165) is 58.2 Å². The molecule has 1 radical (unpaired) electrons. The molecule has 36 heavy (non-hydrogen) atoms. The first-order valence-electron chi connectivity index (χ1n) is 11.3. The molecule has 0 bridgehead atoms. The third-order valence-corrected chi connectivity index (χ3v) is 5.65. The predicted octanol–water partition coefficient (Wildman–Crippen LogP) is 5.28. The van der Waals surface area contributed by atoms with E-state index in [1.54, 1.807) is 26.4 Å². The van der Waals surface area contributed by atoms with Crippen molar-refractivity contribution in [2.24, 2.45) is 0 Å². The Balaban J connectivity index is 0.000000307. The van der Waals surface area contributed by atoms with Crippen molar-refractivity contribution in [1.82, 2.24) is 15.0 Å². The second-order valence-corrected chi connectivity index (χ2v) is 7.91. The molecule has 0 amide bonds. The summed E-state index contributed by atoms with van der Waals surface area (Å²) in [5.41, 5.74) is 6.06. The summed E-state index contributed by atoms with van der Waals surface area (Å²) >= 11 is 0. The van der Waals surface area contributed by atoms with E-state index in [4.69, 9.17) is 24.5 Å². The Morgan fingerprint density at radius 2 is 1.50 bits per heavy atom. The van der Waals surface area contributed by atoms with Crippen molar-refractivity contribution in [3.8, 4) is 34.0 Å². The minimum absolute atomic E-state index is 0. The number of aromatic nitrogens is 3. The third kappa shape index (κ3) is 6.53. The molecule has 0 unspecified atom stereocenters. The van der Waals surface area contributed by atoms with Gasteiger partial charge in [0.1, 0.15) is 11.4 Å². The Kier molecular flexibility index (Phi) is 9.68. The molecule has 0 atom stereocenters. The summed E-state index contributed by atoms with van der Waals surface area (Å²) in [6.07, 6.45) is 5.79. The van der Waals surface area contributed by atoms with Crippen LogP contribution in [0.3, 0.4) is 0 Å². The molecular weight excluding hydrogens is 635 g/mol. The van der Waals surface area contributed by atoms with Gasteiger partial charge in [-0.2, -0.15) is 0 Å². The number of hydrogen-bond acceptors (Lipinski definition) is 6. The van der Waals surface area contributed by atoms with Gasteiger partial charge in [-0.05, 0) is 67.6 Å². The minimum atomic E-state index is -0.990. The average Bonchev–Trinajstić information content (AvgIpc) is 2.93. The number of aromatic carboxylic acids is 1. The number of benzene rings is 2. The van der Waals surface area contributed by atoms with Crippen molar-refractivity contribution < 1.29 is 39.5 Å². The molecule has 2 aromatic carbocycles. The van der Waals surface area contributed by atoms with Crippen molar-refractivity contribution >= 4 is 5.97 Å². The van der Waals surface area contributed by atoms with Crippen LogP contribution in [0.25, 0.3) is 22.5 Å². The maximum atomic E-state index is 10.1. The van der Waals surface area contributed by atoms with Crippen LogP contribution in [0.15, 0.2) is 66.9 Å². The van der Waals surface area contributed by atoms with Crippen LogP contribution in [0.5, 0.6) is 11.5 Å². The van der Waals surface area contributed by atoms with Gasteiger partial charge in [0, 0.05) is 37.7 Å². The summed E-state index contributed by atoms with van der Waals surface area (Å²) in [7, 11) is 3.33. The quantitative estimate of drug-likeness (QED) is 0.291. The molecule has 8 heteroatoms. The summed E-state index contributed by atoms with van der Waals surface area (Å²) in [6.45, 7) is 0. The number of carboxylic acid groups (broad SMARTS) is 1. The van der Waals surface area contributed by atoms with Gasteiger partial charge >= 0.3 is 5.97 Å². The normalized spacial score (nSPS) is 11.7. The van der Waals surface area contributed by atoms with Gasteiger partial charge in [-0.15, -0.1) is 29.8 Å². The molecule has 1 N–H and O–H groups in total. The second-order valence-electron chi connectivity index (χ2n) is 7.91. The maximum absolute atomic E-state index is 10.1. The van der Waals surface area contributed by atoms with E-state index < -0.39 is 5.97 Å². The van der Waals surface area contributed by atoms with Crippen LogP contribution in [0.4, 0.5) is 0 Å². The Labute approximate surface area is 223 Å². The molecule has 0 saturated carbocycles. The molecule has 0 fully saturated rings. The molecule has 0 spiro atoms. The zero-order chi connectivity index (χ0) is 24.6. The minimum Gasteiger partial charge on any atom is -0.540 e. The van der Waals surface area contributed by atoms with E-state index in [2.05, 4.69) is 11.1 Å². The van der Waals surface area contributed by atoms with Crippen molar-refractivity contribution in [3.05, 3.63) is 90.0 Å². The van der Waals surface area contributed by atoms with Crippen LogP contribution in [0.1, 0.15) is 34.7 Å². The Morgan fingerprint density at radius 1 is 0.861 bits per heavy atom. The largest absolute Gasteiger partial charge is 0.540 e. The van der Waals surface area contributed by atoms with Crippen molar-refractivity contribution in [2.75, 3.05) is 14.2 Å². The molecule has 0 aliphatic heterocycles. The molecule has 0 saturated heterocycles. The van der Waals surface area contributed by atoms with Gasteiger partial charge < -0.3 is 14.6 Å². The summed E-state index contributed by atoms with van der Waals surface area (Å²) in [5, 5.41) is 8.32. The van der Waals surface area contributed by atoms with E-state index in [9.17, 15) is 4.79 Å². The molecule has 7 nitrogen and oxygen atoms in total. The second kappa shape index (κ2) is 12.9. The summed E-state index contributed by atoms with van der Waals surface area (Å²) < 4.78 is 10.5. The Hall–Kier alpha value is -3.61. The van der Waals surface area contributed by atoms with E-state index >= 15 is 0 Å². The van der Waals surface area contributed by atoms with E-state index in [1.807, 2.05) is 42.5 Å². The van der Waals surface area contributed by atoms with Crippen LogP contribution < -0.4 is 9.47 Å². The average molecular weight is 661 g/mol. The maximum Gasteiger partial charge on any atom is 0.354 e. The number of pyridine rings is 1. The fourth-order valence-corrected chi connectivity index (χ4v) is 3.80. The molecule has 187 valence electrons. The van der Waals surface area contributed by atoms with Gasteiger partial charge in [0.25, 0.3) is 0 Å². The molecule has 2 heterocycles. The van der Waals surface area contributed by atoms with Crippen molar-refractivity contribution in [1.29, 1.82) is 0 Å². The third-order valence-electron chi connectivity index (χ3n) is 5.65. The van der Waals surface area contributed by atoms with Gasteiger partial charge in [0.05, 0.1) is 31.3 Å². The first-order valence-corrected chi connectivity index (χ1v) is 11.3. The molecule has 4 aromatic rings. The van der Waals surface area contributed by atoms with Gasteiger partial charge in [0.15, 0.2) is 0 Å². The zero-order valence-electron chi connectivity index (χ0n) is 20.0. The van der Waals surface area contributed by atoms with Gasteiger partial charge in [-0.1, -0.05) is 6.07 Å². The van der Waals surface area contributed by atoms with Crippen LogP contribution in [-0.2, 0) is 32.9 Å². The number of nitrogens with zero attached hydrogens (tertiary/aromatic N) is 3. The van der Waals surface area contributed by atoms with Crippen molar-refractivity contribution in [3.63, 3.8) is 0 Å². The molecular formula is C28H26IrN3O4-. The first-order chi connectivity index (χ1) is 17.1. The van der Waals surface area contributed by atoms with E-state index in [1.165, 1.54) is 25.1 Å². The van der Waals surface area contributed by atoms with E-state index in [0.29, 0.717) is 0 Å². The number of ether oxygens (including phenoxy) is 2. The van der Waals surface area contributed by atoms with Crippen LogP contribution >= 0.6 is 0 Å². The van der Waals surface area contributed by atoms with Crippen LogP contribution in [0.2, 0.25) is 0 Å². The Morgan fingerprint density at radius 3 is 2.00 bits per heavy atom.